The number of hydrogen-bond acceptors (Lipinski definition) is 4. The molecule has 0 saturated heterocycles. The van der Waals surface area contributed by atoms with E-state index in [1.54, 1.807) is 4.68 Å². The average Bonchev–Trinajstić information content (AvgIpc) is 2.89. The summed E-state index contributed by atoms with van der Waals surface area (Å²) in [5, 5.41) is 4.40. The van der Waals surface area contributed by atoms with E-state index in [-0.39, 0.29) is 12.1 Å². The van der Waals surface area contributed by atoms with Gasteiger partial charge in [0.1, 0.15) is 0 Å². The molecule has 0 fully saturated rings. The standard InChI is InChI=1S/C15H22N4O/c1-3-20-15(12-7-5-4-6-8-12)14(17-16)11-13-9-10-19(2)18-13/h4-10,14-15,17H,3,11,16H2,1-2H3. The number of aryl methyl sites for hydroxylation is 1. The van der Waals surface area contributed by atoms with Crippen molar-refractivity contribution in [1.82, 2.24) is 15.2 Å². The molecular formula is C15H22N4O. The summed E-state index contributed by atoms with van der Waals surface area (Å²) in [6.07, 6.45) is 2.56. The van der Waals surface area contributed by atoms with E-state index in [0.29, 0.717) is 6.61 Å². The lowest BCUT2D eigenvalue weighted by Crippen LogP contribution is -2.42. The summed E-state index contributed by atoms with van der Waals surface area (Å²) in [6.45, 7) is 2.63. The zero-order valence-corrected chi connectivity index (χ0v) is 12.0. The molecule has 1 heterocycles. The predicted molar refractivity (Wildman–Crippen MR) is 78.8 cm³/mol. The van der Waals surface area contributed by atoms with Crippen LogP contribution in [-0.4, -0.2) is 22.4 Å². The number of rotatable bonds is 7. The highest BCUT2D eigenvalue weighted by atomic mass is 16.5. The number of hydrazine groups is 1. The molecule has 5 nitrogen and oxygen atoms in total. The van der Waals surface area contributed by atoms with Gasteiger partial charge in [0.15, 0.2) is 0 Å². The minimum absolute atomic E-state index is 0.0211. The first-order valence-corrected chi connectivity index (χ1v) is 6.85. The van der Waals surface area contributed by atoms with Crippen LogP contribution < -0.4 is 11.3 Å². The minimum Gasteiger partial charge on any atom is -0.372 e. The van der Waals surface area contributed by atoms with Gasteiger partial charge in [0.25, 0.3) is 0 Å². The van der Waals surface area contributed by atoms with Crippen LogP contribution in [0.1, 0.15) is 24.3 Å². The smallest absolute Gasteiger partial charge is 0.0994 e. The Bertz CT molecular complexity index is 512. The van der Waals surface area contributed by atoms with Crippen molar-refractivity contribution in [2.75, 3.05) is 6.61 Å². The Hall–Kier alpha value is -1.69. The minimum atomic E-state index is -0.0896. The fourth-order valence-corrected chi connectivity index (χ4v) is 2.32. The van der Waals surface area contributed by atoms with Crippen molar-refractivity contribution in [1.29, 1.82) is 0 Å². The lowest BCUT2D eigenvalue weighted by Gasteiger charge is -2.26. The molecule has 0 radical (unpaired) electrons. The second kappa shape index (κ2) is 7.19. The number of hydrogen-bond donors (Lipinski definition) is 2. The van der Waals surface area contributed by atoms with Gasteiger partial charge in [-0.05, 0) is 18.6 Å². The van der Waals surface area contributed by atoms with Gasteiger partial charge in [0, 0.05) is 26.3 Å². The van der Waals surface area contributed by atoms with E-state index in [1.807, 2.05) is 44.4 Å². The van der Waals surface area contributed by atoms with Crippen LogP contribution in [0.3, 0.4) is 0 Å². The summed E-state index contributed by atoms with van der Waals surface area (Å²) >= 11 is 0. The van der Waals surface area contributed by atoms with Gasteiger partial charge in [-0.25, -0.2) is 0 Å². The van der Waals surface area contributed by atoms with Gasteiger partial charge < -0.3 is 4.74 Å². The third kappa shape index (κ3) is 3.66. The average molecular weight is 274 g/mol. The van der Waals surface area contributed by atoms with Gasteiger partial charge in [-0.15, -0.1) is 0 Å². The monoisotopic (exact) mass is 274 g/mol. The van der Waals surface area contributed by atoms with Crippen LogP contribution in [0, 0.1) is 0 Å². The molecule has 1 aromatic carbocycles. The maximum atomic E-state index is 5.88. The van der Waals surface area contributed by atoms with E-state index in [9.17, 15) is 0 Å². The van der Waals surface area contributed by atoms with Crippen molar-refractivity contribution in [2.24, 2.45) is 12.9 Å². The largest absolute Gasteiger partial charge is 0.372 e. The third-order valence-corrected chi connectivity index (χ3v) is 3.25. The number of nitrogens with zero attached hydrogens (tertiary/aromatic N) is 2. The van der Waals surface area contributed by atoms with Crippen molar-refractivity contribution < 1.29 is 4.74 Å². The molecule has 0 bridgehead atoms. The number of ether oxygens (including phenoxy) is 1. The lowest BCUT2D eigenvalue weighted by atomic mass is 9.98. The van der Waals surface area contributed by atoms with Gasteiger partial charge in [-0.2, -0.15) is 5.10 Å². The fraction of sp³-hybridized carbons (Fsp3) is 0.400. The second-order valence-electron chi connectivity index (χ2n) is 4.74. The fourth-order valence-electron chi connectivity index (χ4n) is 2.32. The first-order valence-electron chi connectivity index (χ1n) is 6.85. The van der Waals surface area contributed by atoms with E-state index in [1.165, 1.54) is 0 Å². The van der Waals surface area contributed by atoms with Gasteiger partial charge in [0.2, 0.25) is 0 Å². The Morgan fingerprint density at radius 2 is 2.05 bits per heavy atom. The van der Waals surface area contributed by atoms with Crippen LogP contribution in [0.5, 0.6) is 0 Å². The number of nitrogens with two attached hydrogens (primary N) is 1. The molecule has 2 atom stereocenters. The molecule has 0 saturated carbocycles. The second-order valence-corrected chi connectivity index (χ2v) is 4.74. The van der Waals surface area contributed by atoms with Crippen LogP contribution in [-0.2, 0) is 18.2 Å². The first kappa shape index (κ1) is 14.7. The summed E-state index contributed by atoms with van der Waals surface area (Å²) < 4.78 is 7.68. The highest BCUT2D eigenvalue weighted by molar-refractivity contribution is 5.20. The third-order valence-electron chi connectivity index (χ3n) is 3.25. The van der Waals surface area contributed by atoms with Crippen LogP contribution in [0.4, 0.5) is 0 Å². The Morgan fingerprint density at radius 1 is 1.30 bits per heavy atom. The highest BCUT2D eigenvalue weighted by Crippen LogP contribution is 2.23. The molecule has 1 aromatic heterocycles. The molecule has 108 valence electrons. The van der Waals surface area contributed by atoms with Crippen molar-refractivity contribution in [3.05, 3.63) is 53.9 Å². The molecule has 20 heavy (non-hydrogen) atoms. The highest BCUT2D eigenvalue weighted by Gasteiger charge is 2.23. The lowest BCUT2D eigenvalue weighted by molar-refractivity contribution is 0.0329. The van der Waals surface area contributed by atoms with E-state index < -0.39 is 0 Å². The van der Waals surface area contributed by atoms with E-state index in [4.69, 9.17) is 10.6 Å². The van der Waals surface area contributed by atoms with Crippen LogP contribution in [0.25, 0.3) is 0 Å². The van der Waals surface area contributed by atoms with Crippen LogP contribution >= 0.6 is 0 Å². The van der Waals surface area contributed by atoms with Gasteiger partial charge in [0.05, 0.1) is 17.8 Å². The Morgan fingerprint density at radius 3 is 2.60 bits per heavy atom. The van der Waals surface area contributed by atoms with Gasteiger partial charge in [-0.1, -0.05) is 30.3 Å². The van der Waals surface area contributed by atoms with Crippen molar-refractivity contribution >= 4 is 0 Å². The molecule has 5 heteroatoms. The normalized spacial score (nSPS) is 14.2. The van der Waals surface area contributed by atoms with E-state index in [0.717, 1.165) is 17.7 Å². The molecule has 0 aliphatic rings. The van der Waals surface area contributed by atoms with Gasteiger partial charge >= 0.3 is 0 Å². The van der Waals surface area contributed by atoms with Gasteiger partial charge in [-0.3, -0.25) is 16.0 Å². The first-order chi connectivity index (χ1) is 9.74. The zero-order chi connectivity index (χ0) is 14.4. The number of nitrogens with one attached hydrogen (secondary N) is 1. The Labute approximate surface area is 119 Å². The quantitative estimate of drug-likeness (QED) is 0.594. The Balaban J connectivity index is 2.17. The van der Waals surface area contributed by atoms with Crippen LogP contribution in [0.2, 0.25) is 0 Å². The molecule has 2 aromatic rings. The summed E-state index contributed by atoms with van der Waals surface area (Å²) in [4.78, 5) is 0. The number of aromatic nitrogens is 2. The molecular weight excluding hydrogens is 252 g/mol. The maximum Gasteiger partial charge on any atom is 0.0994 e. The maximum absolute atomic E-state index is 5.88. The SMILES string of the molecule is CCOC(c1ccccc1)C(Cc1ccn(C)n1)NN. The van der Waals surface area contributed by atoms with Crippen molar-refractivity contribution in [3.63, 3.8) is 0 Å². The molecule has 2 unspecified atom stereocenters. The topological polar surface area (TPSA) is 65.1 Å². The predicted octanol–water partition coefficient (Wildman–Crippen LogP) is 1.57. The summed E-state index contributed by atoms with van der Waals surface area (Å²) in [5.41, 5.74) is 4.98. The molecule has 0 aliphatic carbocycles. The summed E-state index contributed by atoms with van der Waals surface area (Å²) in [5.74, 6) is 5.73. The molecule has 3 N–H and O–H groups in total. The van der Waals surface area contributed by atoms with E-state index >= 15 is 0 Å². The Kier molecular flexibility index (Phi) is 5.29. The molecule has 0 aliphatic heterocycles. The van der Waals surface area contributed by atoms with Crippen LogP contribution in [0.15, 0.2) is 42.6 Å². The number of benzene rings is 1. The van der Waals surface area contributed by atoms with Crippen molar-refractivity contribution in [3.8, 4) is 0 Å². The molecule has 2 rings (SSSR count). The van der Waals surface area contributed by atoms with Crippen molar-refractivity contribution in [2.45, 2.75) is 25.5 Å². The zero-order valence-electron chi connectivity index (χ0n) is 12.0. The summed E-state index contributed by atoms with van der Waals surface area (Å²) in [7, 11) is 1.91. The molecule has 0 spiro atoms. The van der Waals surface area contributed by atoms with E-state index in [2.05, 4.69) is 22.7 Å². The summed E-state index contributed by atoms with van der Waals surface area (Å²) in [6, 6.07) is 12.1. The molecule has 0 amide bonds.